The summed E-state index contributed by atoms with van der Waals surface area (Å²) < 4.78 is 21.8. The van der Waals surface area contributed by atoms with Crippen LogP contribution in [0.1, 0.15) is 70.8 Å². The summed E-state index contributed by atoms with van der Waals surface area (Å²) in [5.74, 6) is -3.06. The first-order chi connectivity index (χ1) is 28.3. The number of fused-ring (bicyclic) bond motifs is 1. The van der Waals surface area contributed by atoms with Gasteiger partial charge in [-0.15, -0.1) is 11.8 Å². The van der Waals surface area contributed by atoms with E-state index in [1.807, 2.05) is 60.7 Å². The Bertz CT molecular complexity index is 2080. The topological polar surface area (TPSA) is 222 Å². The van der Waals surface area contributed by atoms with Crippen LogP contribution in [-0.2, 0) is 49.3 Å². The van der Waals surface area contributed by atoms with E-state index in [-0.39, 0.29) is 24.5 Å². The molecule has 2 aliphatic rings. The fourth-order valence-corrected chi connectivity index (χ4v) is 7.54. The van der Waals surface area contributed by atoms with Gasteiger partial charge < -0.3 is 40.6 Å². The Morgan fingerprint density at radius 3 is 1.95 bits per heavy atom. The van der Waals surface area contributed by atoms with Gasteiger partial charge in [0.25, 0.3) is 5.91 Å². The Labute approximate surface area is 351 Å². The first-order valence-corrected chi connectivity index (χ1v) is 20.1. The fraction of sp³-hybridized carbons (Fsp3) is 0.372. The van der Waals surface area contributed by atoms with E-state index < -0.39 is 83.0 Å². The molecule has 5 rings (SSSR count). The van der Waals surface area contributed by atoms with Crippen molar-refractivity contribution in [2.75, 3.05) is 17.7 Å². The average Bonchev–Trinajstić information content (AvgIpc) is 3.17. The molecule has 3 aromatic carbocycles. The van der Waals surface area contributed by atoms with Crippen LogP contribution in [0.5, 0.6) is 0 Å². The normalized spacial score (nSPS) is 16.7. The van der Waals surface area contributed by atoms with Gasteiger partial charge in [-0.3, -0.25) is 19.3 Å². The number of ether oxygens (including phenoxy) is 4. The third kappa shape index (κ3) is 12.3. The van der Waals surface area contributed by atoms with E-state index in [4.69, 9.17) is 24.7 Å². The summed E-state index contributed by atoms with van der Waals surface area (Å²) in [6.07, 6.45) is -3.32. The zero-order valence-electron chi connectivity index (χ0n) is 34.1. The number of hydrogen-bond donors (Lipinski definition) is 4. The minimum atomic E-state index is -1.33. The molecule has 17 heteroatoms. The standard InChI is InChI=1S/C43H49N5O11S/c1-42(2,3)58-38(52)30(46-41(55)59-43(4,5)6)22-32(50)45-29-19-17-25(18-20-29)21-31(49)47-33-36(51)48-34(28(23-56-40(44)54)24-60-37(33)48)39(53)57-35(26-13-9-7-10-14-26)27-15-11-8-12-16-27/h7-20,30,33,35,37H,21-24H2,1-6H3,(H2,44,54)(H,45,50)(H,46,55)(H,47,49)/t30-,33-,37-/m1/s1. The maximum Gasteiger partial charge on any atom is 0.408 e. The number of primary amides is 1. The molecule has 2 aliphatic heterocycles. The number of thioether (sulfide) groups is 1. The third-order valence-electron chi connectivity index (χ3n) is 8.75. The lowest BCUT2D eigenvalue weighted by Crippen LogP contribution is -2.70. The van der Waals surface area contributed by atoms with Gasteiger partial charge in [-0.25, -0.2) is 19.2 Å². The highest BCUT2D eigenvalue weighted by atomic mass is 32.2. The van der Waals surface area contributed by atoms with Gasteiger partial charge in [-0.1, -0.05) is 72.8 Å². The number of β-lactam (4-membered cyclic amide) rings is 1. The predicted octanol–water partition coefficient (Wildman–Crippen LogP) is 4.87. The third-order valence-corrected chi connectivity index (χ3v) is 10.1. The van der Waals surface area contributed by atoms with E-state index >= 15 is 0 Å². The van der Waals surface area contributed by atoms with Crippen molar-refractivity contribution < 1.29 is 52.5 Å². The van der Waals surface area contributed by atoms with E-state index in [9.17, 15) is 33.6 Å². The maximum atomic E-state index is 14.0. The fourth-order valence-electron chi connectivity index (χ4n) is 6.22. The van der Waals surface area contributed by atoms with E-state index in [0.717, 1.165) is 0 Å². The molecule has 60 heavy (non-hydrogen) atoms. The van der Waals surface area contributed by atoms with Crippen molar-refractivity contribution in [1.29, 1.82) is 0 Å². The van der Waals surface area contributed by atoms with Gasteiger partial charge in [0.2, 0.25) is 11.8 Å². The van der Waals surface area contributed by atoms with Crippen LogP contribution in [0.4, 0.5) is 15.3 Å². The molecule has 3 aromatic rings. The molecule has 1 fully saturated rings. The highest BCUT2D eigenvalue weighted by molar-refractivity contribution is 8.00. The van der Waals surface area contributed by atoms with Crippen LogP contribution < -0.4 is 21.7 Å². The minimum absolute atomic E-state index is 0.0805. The largest absolute Gasteiger partial charge is 0.458 e. The smallest absolute Gasteiger partial charge is 0.408 e. The van der Waals surface area contributed by atoms with Crippen molar-refractivity contribution in [3.05, 3.63) is 113 Å². The molecule has 0 aromatic heterocycles. The van der Waals surface area contributed by atoms with Crippen molar-refractivity contribution in [1.82, 2.24) is 15.5 Å². The molecule has 0 unspecified atom stereocenters. The van der Waals surface area contributed by atoms with Gasteiger partial charge in [0, 0.05) is 17.0 Å². The van der Waals surface area contributed by atoms with Gasteiger partial charge in [-0.2, -0.15) is 0 Å². The van der Waals surface area contributed by atoms with Gasteiger partial charge >= 0.3 is 24.1 Å². The summed E-state index contributed by atoms with van der Waals surface area (Å²) >= 11 is 1.28. The van der Waals surface area contributed by atoms with Crippen LogP contribution in [0.25, 0.3) is 0 Å². The van der Waals surface area contributed by atoms with Crippen molar-refractivity contribution in [3.63, 3.8) is 0 Å². The Morgan fingerprint density at radius 1 is 0.817 bits per heavy atom. The van der Waals surface area contributed by atoms with Crippen LogP contribution in [0, 0.1) is 0 Å². The van der Waals surface area contributed by atoms with Gasteiger partial charge in [0.1, 0.15) is 41.0 Å². The number of amides is 5. The highest BCUT2D eigenvalue weighted by Gasteiger charge is 2.54. The van der Waals surface area contributed by atoms with E-state index in [0.29, 0.717) is 28.0 Å². The molecule has 16 nitrogen and oxygen atoms in total. The molecule has 0 radical (unpaired) electrons. The first kappa shape index (κ1) is 44.7. The Hall–Kier alpha value is -6.36. The molecular formula is C43H49N5O11S. The molecule has 5 amide bonds. The van der Waals surface area contributed by atoms with Gasteiger partial charge in [0.15, 0.2) is 6.10 Å². The number of carbonyl (C=O) groups excluding carboxylic acids is 7. The maximum absolute atomic E-state index is 14.0. The van der Waals surface area contributed by atoms with Crippen LogP contribution in [0.15, 0.2) is 96.2 Å². The molecular weight excluding hydrogens is 795 g/mol. The monoisotopic (exact) mass is 843 g/mol. The number of esters is 2. The second-order valence-electron chi connectivity index (χ2n) is 16.0. The van der Waals surface area contributed by atoms with Crippen LogP contribution >= 0.6 is 11.8 Å². The van der Waals surface area contributed by atoms with Crippen molar-refractivity contribution in [2.24, 2.45) is 5.73 Å². The summed E-state index contributed by atoms with van der Waals surface area (Å²) in [6, 6.07) is 22.3. The van der Waals surface area contributed by atoms with Crippen LogP contribution in [0.3, 0.4) is 0 Å². The van der Waals surface area contributed by atoms with Crippen molar-refractivity contribution in [2.45, 2.75) is 89.1 Å². The summed E-state index contributed by atoms with van der Waals surface area (Å²) in [4.78, 5) is 92.0. The number of carbonyl (C=O) groups is 7. The number of nitrogens with zero attached hydrogens (tertiary/aromatic N) is 1. The van der Waals surface area contributed by atoms with E-state index in [2.05, 4.69) is 16.0 Å². The molecule has 2 heterocycles. The molecule has 0 bridgehead atoms. The number of anilines is 1. The van der Waals surface area contributed by atoms with Crippen molar-refractivity contribution >= 4 is 59.3 Å². The number of nitrogens with one attached hydrogen (secondary N) is 3. The Morgan fingerprint density at radius 2 is 1.40 bits per heavy atom. The molecule has 318 valence electrons. The molecule has 0 aliphatic carbocycles. The minimum Gasteiger partial charge on any atom is -0.458 e. The predicted molar refractivity (Wildman–Crippen MR) is 221 cm³/mol. The number of alkyl carbamates (subject to hydrolysis) is 1. The molecule has 5 N–H and O–H groups in total. The lowest BCUT2D eigenvalue weighted by molar-refractivity contribution is -0.158. The van der Waals surface area contributed by atoms with Crippen molar-refractivity contribution in [3.8, 4) is 0 Å². The Kier molecular flexibility index (Phi) is 14.3. The van der Waals surface area contributed by atoms with Crippen LogP contribution in [0.2, 0.25) is 0 Å². The molecule has 1 saturated heterocycles. The van der Waals surface area contributed by atoms with Crippen LogP contribution in [-0.4, -0.2) is 87.8 Å². The summed E-state index contributed by atoms with van der Waals surface area (Å²) in [5, 5.41) is 7.20. The lowest BCUT2D eigenvalue weighted by atomic mass is 10.0. The summed E-state index contributed by atoms with van der Waals surface area (Å²) in [6.45, 7) is 9.62. The second-order valence-corrected chi connectivity index (χ2v) is 17.1. The quantitative estimate of drug-likeness (QED) is 0.0970. The zero-order chi connectivity index (χ0) is 43.8. The summed E-state index contributed by atoms with van der Waals surface area (Å²) in [5.41, 5.74) is 6.07. The average molecular weight is 844 g/mol. The second kappa shape index (κ2) is 19.1. The number of benzene rings is 3. The molecule has 0 saturated carbocycles. The number of rotatable bonds is 14. The van der Waals surface area contributed by atoms with Gasteiger partial charge in [-0.05, 0) is 70.4 Å². The zero-order valence-corrected chi connectivity index (χ0v) is 35.0. The molecule has 3 atom stereocenters. The lowest BCUT2D eigenvalue weighted by Gasteiger charge is -2.49. The summed E-state index contributed by atoms with van der Waals surface area (Å²) in [7, 11) is 0. The first-order valence-electron chi connectivity index (χ1n) is 19.1. The number of nitrogens with two attached hydrogens (primary N) is 1. The van der Waals surface area contributed by atoms with E-state index in [1.165, 1.54) is 16.7 Å². The Balaban J connectivity index is 1.22. The van der Waals surface area contributed by atoms with Gasteiger partial charge in [0.05, 0.1) is 12.8 Å². The van der Waals surface area contributed by atoms with E-state index in [1.54, 1.807) is 65.8 Å². The highest BCUT2D eigenvalue weighted by Crippen LogP contribution is 2.42. The number of hydrogen-bond acceptors (Lipinski definition) is 12. The SMILES string of the molecule is CC(C)(C)OC(=O)N[C@H](CC(=O)Nc1ccc(CC(=O)N[C@@H]2C(=O)N3C(C(=O)OC(c4ccccc4)c4ccccc4)=C(COC(N)=O)CS[C@H]23)cc1)C(=O)OC(C)(C)C. The molecule has 0 spiro atoms.